The minimum absolute atomic E-state index is 0.703. The molecule has 0 radical (unpaired) electrons. The van der Waals surface area contributed by atoms with E-state index in [1.807, 2.05) is 0 Å². The van der Waals surface area contributed by atoms with Crippen LogP contribution in [0.3, 0.4) is 0 Å². The van der Waals surface area contributed by atoms with E-state index in [4.69, 9.17) is 0 Å². The zero-order chi connectivity index (χ0) is 10.6. The molecule has 0 amide bonds. The molecule has 2 saturated carbocycles. The summed E-state index contributed by atoms with van der Waals surface area (Å²) in [6.07, 6.45) is 13.2. The molecule has 1 N–H and O–H groups in total. The number of rotatable bonds is 5. The van der Waals surface area contributed by atoms with Crippen LogP contribution in [0.5, 0.6) is 0 Å². The third-order valence-electron chi connectivity index (χ3n) is 4.82. The molecule has 0 aromatic heterocycles. The molecule has 1 heteroatoms. The quantitative estimate of drug-likeness (QED) is 0.727. The van der Waals surface area contributed by atoms with Gasteiger partial charge in [0, 0.05) is 6.54 Å². The lowest BCUT2D eigenvalue weighted by atomic mass is 9.67. The average Bonchev–Trinajstić information content (AvgIpc) is 2.24. The van der Waals surface area contributed by atoms with Crippen molar-refractivity contribution < 1.29 is 0 Å². The van der Waals surface area contributed by atoms with Crippen LogP contribution in [0.1, 0.15) is 64.7 Å². The van der Waals surface area contributed by atoms with Crippen LogP contribution in [0, 0.1) is 11.3 Å². The van der Waals surface area contributed by atoms with Gasteiger partial charge in [0.1, 0.15) is 0 Å². The minimum atomic E-state index is 0.703. The van der Waals surface area contributed by atoms with Crippen LogP contribution in [0.25, 0.3) is 0 Å². The van der Waals surface area contributed by atoms with Crippen LogP contribution in [-0.2, 0) is 0 Å². The van der Waals surface area contributed by atoms with Crippen LogP contribution >= 0.6 is 0 Å². The summed E-state index contributed by atoms with van der Waals surface area (Å²) in [4.78, 5) is 0. The lowest BCUT2D eigenvalue weighted by molar-refractivity contribution is 0.121. The lowest BCUT2D eigenvalue weighted by Crippen LogP contribution is -2.41. The molecule has 2 aliphatic rings. The molecule has 0 unspecified atom stereocenters. The highest BCUT2D eigenvalue weighted by Crippen LogP contribution is 2.43. The molecule has 1 nitrogen and oxygen atoms in total. The van der Waals surface area contributed by atoms with Crippen molar-refractivity contribution >= 4 is 0 Å². The first-order chi connectivity index (χ1) is 7.35. The van der Waals surface area contributed by atoms with Crippen molar-refractivity contribution in [3.05, 3.63) is 0 Å². The van der Waals surface area contributed by atoms with E-state index < -0.39 is 0 Å². The summed E-state index contributed by atoms with van der Waals surface area (Å²) < 4.78 is 0. The molecule has 2 rings (SSSR count). The Balaban J connectivity index is 1.61. The Kier molecular flexibility index (Phi) is 4.07. The topological polar surface area (TPSA) is 12.0 Å². The Hall–Kier alpha value is -0.0400. The molecule has 15 heavy (non-hydrogen) atoms. The third-order valence-corrected chi connectivity index (χ3v) is 4.82. The van der Waals surface area contributed by atoms with E-state index in [1.165, 1.54) is 70.9 Å². The fourth-order valence-corrected chi connectivity index (χ4v) is 3.26. The Morgan fingerprint density at radius 1 is 1.07 bits per heavy atom. The zero-order valence-electron chi connectivity index (χ0n) is 10.4. The van der Waals surface area contributed by atoms with Gasteiger partial charge in [-0.05, 0) is 50.0 Å². The van der Waals surface area contributed by atoms with Gasteiger partial charge in [0.25, 0.3) is 0 Å². The first-order valence-electron chi connectivity index (χ1n) is 7.05. The van der Waals surface area contributed by atoms with E-state index in [0.29, 0.717) is 5.41 Å². The Labute approximate surface area is 95.0 Å². The van der Waals surface area contributed by atoms with E-state index in [2.05, 4.69) is 12.2 Å². The maximum atomic E-state index is 3.75. The summed E-state index contributed by atoms with van der Waals surface area (Å²) in [5.41, 5.74) is 0.703. The summed E-state index contributed by atoms with van der Waals surface area (Å²) in [6.45, 7) is 4.95. The van der Waals surface area contributed by atoms with Crippen LogP contribution in [0.4, 0.5) is 0 Å². The van der Waals surface area contributed by atoms with Gasteiger partial charge in [0.2, 0.25) is 0 Å². The predicted octanol–water partition coefficient (Wildman–Crippen LogP) is 3.74. The molecule has 0 bridgehead atoms. The van der Waals surface area contributed by atoms with Gasteiger partial charge < -0.3 is 5.32 Å². The van der Waals surface area contributed by atoms with E-state index >= 15 is 0 Å². The average molecular weight is 209 g/mol. The van der Waals surface area contributed by atoms with Crippen LogP contribution in [-0.4, -0.2) is 13.1 Å². The Morgan fingerprint density at radius 2 is 1.80 bits per heavy atom. The second kappa shape index (κ2) is 5.34. The van der Waals surface area contributed by atoms with E-state index in [-0.39, 0.29) is 0 Å². The number of hydrogen-bond donors (Lipinski definition) is 1. The van der Waals surface area contributed by atoms with Gasteiger partial charge >= 0.3 is 0 Å². The number of hydrogen-bond acceptors (Lipinski definition) is 1. The first kappa shape index (κ1) is 11.4. The monoisotopic (exact) mass is 209 g/mol. The molecule has 0 aromatic rings. The van der Waals surface area contributed by atoms with Crippen LogP contribution in [0.15, 0.2) is 0 Å². The summed E-state index contributed by atoms with van der Waals surface area (Å²) in [5, 5.41) is 3.75. The van der Waals surface area contributed by atoms with Crippen molar-refractivity contribution in [3.63, 3.8) is 0 Å². The normalized spacial score (nSPS) is 26.2. The van der Waals surface area contributed by atoms with Gasteiger partial charge in [0.05, 0.1) is 0 Å². The fourth-order valence-electron chi connectivity index (χ4n) is 3.26. The van der Waals surface area contributed by atoms with Crippen molar-refractivity contribution in [1.82, 2.24) is 5.32 Å². The summed E-state index contributed by atoms with van der Waals surface area (Å²) in [5.74, 6) is 0.993. The summed E-state index contributed by atoms with van der Waals surface area (Å²) >= 11 is 0. The first-order valence-corrected chi connectivity index (χ1v) is 7.05. The summed E-state index contributed by atoms with van der Waals surface area (Å²) in [6, 6.07) is 0. The highest BCUT2D eigenvalue weighted by atomic mass is 14.9. The standard InChI is InChI=1S/C14H27N/c1-2-14(9-6-10-14)12-15-11-13-7-4-3-5-8-13/h13,15H,2-12H2,1H3. The van der Waals surface area contributed by atoms with Crippen molar-refractivity contribution in [2.45, 2.75) is 64.7 Å². The molecule has 0 aromatic carbocycles. The molecular weight excluding hydrogens is 182 g/mol. The largest absolute Gasteiger partial charge is 0.316 e. The molecule has 2 aliphatic carbocycles. The van der Waals surface area contributed by atoms with Crippen LogP contribution in [0.2, 0.25) is 0 Å². The minimum Gasteiger partial charge on any atom is -0.316 e. The smallest absolute Gasteiger partial charge is 0.000782 e. The van der Waals surface area contributed by atoms with E-state index in [0.717, 1.165) is 5.92 Å². The van der Waals surface area contributed by atoms with Gasteiger partial charge in [-0.15, -0.1) is 0 Å². The summed E-state index contributed by atoms with van der Waals surface area (Å²) in [7, 11) is 0. The molecule has 0 atom stereocenters. The van der Waals surface area contributed by atoms with Crippen molar-refractivity contribution in [2.24, 2.45) is 11.3 Å². The van der Waals surface area contributed by atoms with Gasteiger partial charge in [-0.25, -0.2) is 0 Å². The molecular formula is C14H27N. The fraction of sp³-hybridized carbons (Fsp3) is 1.00. The highest BCUT2D eigenvalue weighted by Gasteiger charge is 2.34. The maximum absolute atomic E-state index is 3.75. The second-order valence-corrected chi connectivity index (χ2v) is 5.84. The Bertz CT molecular complexity index is 172. The third kappa shape index (κ3) is 2.96. The molecule has 88 valence electrons. The molecule has 0 saturated heterocycles. The van der Waals surface area contributed by atoms with Crippen molar-refractivity contribution in [1.29, 1.82) is 0 Å². The van der Waals surface area contributed by atoms with Crippen LogP contribution < -0.4 is 5.32 Å². The number of nitrogens with one attached hydrogen (secondary N) is 1. The maximum Gasteiger partial charge on any atom is 0.000782 e. The van der Waals surface area contributed by atoms with Gasteiger partial charge in [-0.2, -0.15) is 0 Å². The SMILES string of the molecule is CCC1(CNCC2CCCCC2)CCC1. The molecule has 0 aliphatic heterocycles. The van der Waals surface area contributed by atoms with Gasteiger partial charge in [0.15, 0.2) is 0 Å². The predicted molar refractivity (Wildman–Crippen MR) is 66.0 cm³/mol. The van der Waals surface area contributed by atoms with E-state index in [1.54, 1.807) is 0 Å². The van der Waals surface area contributed by atoms with Gasteiger partial charge in [-0.1, -0.05) is 32.6 Å². The molecule has 0 heterocycles. The second-order valence-electron chi connectivity index (χ2n) is 5.84. The van der Waals surface area contributed by atoms with Crippen molar-refractivity contribution in [3.8, 4) is 0 Å². The van der Waals surface area contributed by atoms with Crippen molar-refractivity contribution in [2.75, 3.05) is 13.1 Å². The molecule has 2 fully saturated rings. The van der Waals surface area contributed by atoms with E-state index in [9.17, 15) is 0 Å². The zero-order valence-corrected chi connectivity index (χ0v) is 10.4. The Morgan fingerprint density at radius 3 is 2.33 bits per heavy atom. The molecule has 0 spiro atoms. The highest BCUT2D eigenvalue weighted by molar-refractivity contribution is 4.88. The van der Waals surface area contributed by atoms with Gasteiger partial charge in [-0.3, -0.25) is 0 Å². The lowest BCUT2D eigenvalue weighted by Gasteiger charge is -2.42.